The molecule has 3 rings (SSSR count). The molecule has 1 nitrogen and oxygen atoms in total. The van der Waals surface area contributed by atoms with Gasteiger partial charge in [0.05, 0.1) is 0 Å². The Kier molecular flexibility index (Phi) is 8.18. The Morgan fingerprint density at radius 1 is 0.846 bits per heavy atom. The van der Waals surface area contributed by atoms with Crippen LogP contribution in [0.2, 0.25) is 0 Å². The van der Waals surface area contributed by atoms with Gasteiger partial charge in [0.2, 0.25) is 0 Å². The van der Waals surface area contributed by atoms with E-state index in [9.17, 15) is 0 Å². The van der Waals surface area contributed by atoms with Crippen LogP contribution in [-0.2, 0) is 0 Å². The van der Waals surface area contributed by atoms with Gasteiger partial charge >= 0.3 is 0 Å². The van der Waals surface area contributed by atoms with Gasteiger partial charge < -0.3 is 0 Å². The molecule has 2 aromatic carbocycles. The molecule has 0 aromatic heterocycles. The second-order valence-electron chi connectivity index (χ2n) is 7.56. The molecule has 0 bridgehead atoms. The molecule has 0 aliphatic carbocycles. The standard InChI is InChI=1S/C24H34NP/c1-2-3-19-25-26-20-11-10-14-22(21-12-6-4-7-13-21)17-18-24(26)23-15-8-5-9-16-23/h4-9,12-13,15-16,22,24-25H,2-3,10-11,14,17-20H2,1H3. The van der Waals surface area contributed by atoms with Crippen molar-refractivity contribution in [3.8, 4) is 0 Å². The zero-order valence-electron chi connectivity index (χ0n) is 16.2. The fourth-order valence-corrected chi connectivity index (χ4v) is 6.85. The zero-order valence-corrected chi connectivity index (χ0v) is 17.1. The number of rotatable bonds is 6. The molecule has 2 aromatic rings. The first-order valence-electron chi connectivity index (χ1n) is 10.5. The van der Waals surface area contributed by atoms with Gasteiger partial charge in [-0.2, -0.15) is 0 Å². The molecule has 1 N–H and O–H groups in total. The van der Waals surface area contributed by atoms with Crippen molar-refractivity contribution < 1.29 is 0 Å². The lowest BCUT2D eigenvalue weighted by molar-refractivity contribution is 0.533. The molecule has 140 valence electrons. The van der Waals surface area contributed by atoms with E-state index in [0.717, 1.165) is 5.92 Å². The van der Waals surface area contributed by atoms with Crippen LogP contribution in [0.15, 0.2) is 60.7 Å². The molecule has 1 fully saturated rings. The highest BCUT2D eigenvalue weighted by Crippen LogP contribution is 2.53. The van der Waals surface area contributed by atoms with Gasteiger partial charge in [0.15, 0.2) is 0 Å². The molecule has 1 saturated heterocycles. The lowest BCUT2D eigenvalue weighted by Gasteiger charge is -2.29. The maximum atomic E-state index is 3.99. The summed E-state index contributed by atoms with van der Waals surface area (Å²) in [4.78, 5) is 0. The van der Waals surface area contributed by atoms with E-state index in [1.165, 1.54) is 57.7 Å². The summed E-state index contributed by atoms with van der Waals surface area (Å²) in [5.74, 6) is 0.730. The van der Waals surface area contributed by atoms with E-state index >= 15 is 0 Å². The summed E-state index contributed by atoms with van der Waals surface area (Å²) in [6, 6.07) is 22.5. The maximum absolute atomic E-state index is 3.99. The van der Waals surface area contributed by atoms with E-state index in [4.69, 9.17) is 0 Å². The second kappa shape index (κ2) is 10.9. The van der Waals surface area contributed by atoms with Crippen LogP contribution in [0.4, 0.5) is 0 Å². The molecule has 2 heteroatoms. The summed E-state index contributed by atoms with van der Waals surface area (Å²) in [5, 5.41) is 3.99. The van der Waals surface area contributed by atoms with Crippen molar-refractivity contribution in [3.05, 3.63) is 71.8 Å². The molecule has 1 aliphatic heterocycles. The van der Waals surface area contributed by atoms with Crippen LogP contribution < -0.4 is 5.09 Å². The van der Waals surface area contributed by atoms with Gasteiger partial charge in [-0.05, 0) is 69.9 Å². The minimum Gasteiger partial charge on any atom is -0.295 e. The third-order valence-corrected chi connectivity index (χ3v) is 8.40. The quantitative estimate of drug-likeness (QED) is 0.418. The Balaban J connectivity index is 1.76. The van der Waals surface area contributed by atoms with Crippen LogP contribution in [0.3, 0.4) is 0 Å². The largest absolute Gasteiger partial charge is 0.295 e. The van der Waals surface area contributed by atoms with Crippen molar-refractivity contribution >= 4 is 8.07 Å². The van der Waals surface area contributed by atoms with E-state index in [-0.39, 0.29) is 8.07 Å². The number of hydrogen-bond donors (Lipinski definition) is 1. The average Bonchev–Trinajstić information content (AvgIpc) is 2.80. The molecular weight excluding hydrogens is 333 g/mol. The average molecular weight is 368 g/mol. The molecule has 3 unspecified atom stereocenters. The highest BCUT2D eigenvalue weighted by Gasteiger charge is 2.25. The Morgan fingerprint density at radius 2 is 1.54 bits per heavy atom. The van der Waals surface area contributed by atoms with Crippen LogP contribution >= 0.6 is 8.07 Å². The fraction of sp³-hybridized carbons (Fsp3) is 0.500. The SMILES string of the molecule is CCCCNP1CCCCC(c2ccccc2)CCC1c1ccccc1. The van der Waals surface area contributed by atoms with Gasteiger partial charge in [-0.15, -0.1) is 0 Å². The van der Waals surface area contributed by atoms with Gasteiger partial charge in [-0.1, -0.05) is 80.4 Å². The van der Waals surface area contributed by atoms with E-state index in [1.54, 1.807) is 11.1 Å². The first-order valence-corrected chi connectivity index (χ1v) is 12.1. The number of nitrogens with one attached hydrogen (secondary N) is 1. The Hall–Kier alpha value is -1.17. The topological polar surface area (TPSA) is 12.0 Å². The predicted octanol–water partition coefficient (Wildman–Crippen LogP) is 7.26. The molecule has 26 heavy (non-hydrogen) atoms. The van der Waals surface area contributed by atoms with Gasteiger partial charge in [0.1, 0.15) is 0 Å². The summed E-state index contributed by atoms with van der Waals surface area (Å²) >= 11 is 0. The summed E-state index contributed by atoms with van der Waals surface area (Å²) in [5.41, 5.74) is 3.80. The van der Waals surface area contributed by atoms with Crippen LogP contribution in [0.5, 0.6) is 0 Å². The van der Waals surface area contributed by atoms with Gasteiger partial charge in [0.25, 0.3) is 0 Å². The van der Waals surface area contributed by atoms with Gasteiger partial charge in [-0.3, -0.25) is 5.09 Å². The molecular formula is C24H34NP. The van der Waals surface area contributed by atoms with E-state index in [2.05, 4.69) is 72.7 Å². The molecule has 3 atom stereocenters. The number of benzene rings is 2. The Labute approximate surface area is 161 Å². The molecule has 0 radical (unpaired) electrons. The molecule has 0 amide bonds. The third-order valence-electron chi connectivity index (χ3n) is 5.67. The lowest BCUT2D eigenvalue weighted by atomic mass is 9.88. The molecule has 0 saturated carbocycles. The maximum Gasteiger partial charge on any atom is 0.0172 e. The van der Waals surface area contributed by atoms with Crippen molar-refractivity contribution in [1.29, 1.82) is 0 Å². The fourth-order valence-electron chi connectivity index (χ4n) is 4.16. The van der Waals surface area contributed by atoms with Crippen LogP contribution in [0, 0.1) is 0 Å². The third kappa shape index (κ3) is 5.66. The summed E-state index contributed by atoms with van der Waals surface area (Å²) in [6.07, 6.45) is 10.7. The van der Waals surface area contributed by atoms with Crippen LogP contribution in [0.1, 0.15) is 74.6 Å². The Morgan fingerprint density at radius 3 is 2.23 bits per heavy atom. The van der Waals surface area contributed by atoms with Crippen molar-refractivity contribution in [2.45, 2.75) is 63.4 Å². The van der Waals surface area contributed by atoms with E-state index < -0.39 is 0 Å². The first-order chi connectivity index (χ1) is 12.9. The monoisotopic (exact) mass is 367 g/mol. The highest BCUT2D eigenvalue weighted by atomic mass is 31.1. The van der Waals surface area contributed by atoms with Crippen molar-refractivity contribution in [2.75, 3.05) is 12.7 Å². The molecule has 1 aliphatic rings. The van der Waals surface area contributed by atoms with E-state index in [1.807, 2.05) is 0 Å². The van der Waals surface area contributed by atoms with Crippen LogP contribution in [-0.4, -0.2) is 12.7 Å². The van der Waals surface area contributed by atoms with Gasteiger partial charge in [0, 0.05) is 5.66 Å². The van der Waals surface area contributed by atoms with Crippen LogP contribution in [0.25, 0.3) is 0 Å². The summed E-state index contributed by atoms with van der Waals surface area (Å²) < 4.78 is 0. The number of hydrogen-bond acceptors (Lipinski definition) is 1. The normalized spacial score (nSPS) is 24.4. The summed E-state index contributed by atoms with van der Waals surface area (Å²) in [6.45, 7) is 3.48. The zero-order chi connectivity index (χ0) is 18.0. The summed E-state index contributed by atoms with van der Waals surface area (Å²) in [7, 11) is -0.122. The van der Waals surface area contributed by atoms with Crippen molar-refractivity contribution in [3.63, 3.8) is 0 Å². The second-order valence-corrected chi connectivity index (χ2v) is 9.89. The van der Waals surface area contributed by atoms with Gasteiger partial charge in [-0.25, -0.2) is 0 Å². The number of unbranched alkanes of at least 4 members (excludes halogenated alkanes) is 1. The molecule has 1 heterocycles. The predicted molar refractivity (Wildman–Crippen MR) is 116 cm³/mol. The lowest BCUT2D eigenvalue weighted by Crippen LogP contribution is -2.16. The van der Waals surface area contributed by atoms with Crippen molar-refractivity contribution in [1.82, 2.24) is 5.09 Å². The van der Waals surface area contributed by atoms with E-state index in [0.29, 0.717) is 5.66 Å². The highest BCUT2D eigenvalue weighted by molar-refractivity contribution is 7.55. The molecule has 0 spiro atoms. The smallest absolute Gasteiger partial charge is 0.0172 e. The Bertz CT molecular complexity index is 613. The minimum absolute atomic E-state index is 0.122. The first kappa shape index (κ1) is 19.6. The minimum atomic E-state index is -0.122. The van der Waals surface area contributed by atoms with Crippen molar-refractivity contribution in [2.24, 2.45) is 0 Å².